The van der Waals surface area contributed by atoms with Crippen LogP contribution in [-0.2, 0) is 152 Å². The van der Waals surface area contributed by atoms with Gasteiger partial charge < -0.3 is 111 Å². The summed E-state index contributed by atoms with van der Waals surface area (Å²) in [6, 6.07) is 0. The van der Waals surface area contributed by atoms with Crippen molar-refractivity contribution in [3.8, 4) is 0 Å². The van der Waals surface area contributed by atoms with Gasteiger partial charge in [0.1, 0.15) is 0 Å². The van der Waals surface area contributed by atoms with Gasteiger partial charge in [-0.2, -0.15) is 0 Å². The van der Waals surface area contributed by atoms with E-state index in [1.807, 2.05) is 41.5 Å². The van der Waals surface area contributed by atoms with Crippen LogP contribution in [0.4, 0.5) is 0 Å². The zero-order valence-corrected chi connectivity index (χ0v) is 55.0. The quantitative estimate of drug-likeness (QED) is 0.132. The second-order valence-electron chi connectivity index (χ2n) is 10.1. The molecule has 0 saturated heterocycles. The molecule has 0 atom stereocenters. The average Bonchev–Trinajstić information content (AvgIpc) is 3.94. The first-order valence-electron chi connectivity index (χ1n) is 14.4. The number of aromatic nitrogens is 12. The van der Waals surface area contributed by atoms with Crippen LogP contribution < -0.4 is 80.2 Å². The number of rotatable bonds is 3. The first-order chi connectivity index (χ1) is 23.9. The van der Waals surface area contributed by atoms with Crippen LogP contribution in [0.25, 0.3) is 0 Å². The Hall–Kier alpha value is 3.47. The third-order valence-electron chi connectivity index (χ3n) is 6.01. The van der Waals surface area contributed by atoms with Crippen molar-refractivity contribution in [2.45, 2.75) is 80.0 Å². The number of aryl methyl sites for hydroxylation is 9. The molecular formula is C30H33Au6Cl13N12. The summed E-state index contributed by atoms with van der Waals surface area (Å²) in [4.78, 5) is 0. The Morgan fingerprint density at radius 3 is 0.623 bits per heavy atom. The van der Waals surface area contributed by atoms with Gasteiger partial charge in [-0.15, -0.1) is 69.0 Å². The molecule has 12 nitrogen and oxygen atoms in total. The third kappa shape index (κ3) is 31.3. The number of alkyl halides is 3. The summed E-state index contributed by atoms with van der Waals surface area (Å²) in [5.41, 5.74) is 9.07. The normalized spacial score (nSPS) is 8.36. The number of halogens is 13. The van der Waals surface area contributed by atoms with Crippen LogP contribution >= 0.6 is 104 Å². The van der Waals surface area contributed by atoms with Crippen molar-refractivity contribution >= 4 is 104 Å². The molecule has 6 aromatic rings. The van der Waals surface area contributed by atoms with Crippen LogP contribution in [0.5, 0.6) is 0 Å². The van der Waals surface area contributed by atoms with E-state index in [1.165, 1.54) is 0 Å². The molecule has 0 aromatic carbocycles. The summed E-state index contributed by atoms with van der Waals surface area (Å²) in [5.74, 6) is 0.999. The molecule has 0 aliphatic heterocycles. The van der Waals surface area contributed by atoms with Crippen molar-refractivity contribution in [1.82, 2.24) is 61.2 Å². The van der Waals surface area contributed by atoms with Crippen LogP contribution in [0.15, 0.2) is 0 Å². The SMILES string of the molecule is Cc1[n-]nc(CCl)c1Cl.Cc1n[n-]c(C)c1Cl.Cc1n[n-]c(C)c1Cl.Cc1n[n-]c(C)c1Cl.Cc1n[n-]c(CCl)c1Cl.Cc1n[n-]c(CCl)c1Cl.[Au+3].[Au+3].[Au+].[Au+].[Au+].[Au+].[Cl-].[Cl-].[Cl-].[Cl-]. The smallest absolute Gasteiger partial charge is 1.00 e. The van der Waals surface area contributed by atoms with E-state index in [1.54, 1.807) is 20.8 Å². The van der Waals surface area contributed by atoms with Gasteiger partial charge in [0.25, 0.3) is 0 Å². The fraction of sp³-hybridized carbons (Fsp3) is 0.400. The first kappa shape index (κ1) is 87.5. The van der Waals surface area contributed by atoms with E-state index in [0.717, 1.165) is 51.2 Å². The molecule has 0 bridgehead atoms. The Balaban J connectivity index is -0.0000000620. The molecule has 0 unspecified atom stereocenters. The molecule has 0 N–H and O–H groups in total. The molecule has 6 rings (SSSR count). The molecular weight excluding hydrogens is 2170 g/mol. The predicted molar refractivity (Wildman–Crippen MR) is 207 cm³/mol. The van der Waals surface area contributed by atoms with Crippen molar-refractivity contribution in [2.75, 3.05) is 0 Å². The van der Waals surface area contributed by atoms with Gasteiger partial charge in [-0.05, 0) is 34.6 Å². The zero-order chi connectivity index (χ0) is 39.0. The molecule has 6 heterocycles. The molecule has 0 radical (unpaired) electrons. The van der Waals surface area contributed by atoms with Crippen molar-refractivity contribution in [3.63, 3.8) is 0 Å². The van der Waals surface area contributed by atoms with E-state index in [2.05, 4.69) is 61.2 Å². The maximum absolute atomic E-state index is 5.70. The van der Waals surface area contributed by atoms with Gasteiger partial charge in [0.15, 0.2) is 0 Å². The fourth-order valence-electron chi connectivity index (χ4n) is 3.05. The topological polar surface area (TPSA) is 162 Å². The second-order valence-corrected chi connectivity index (χ2v) is 13.2. The number of hydrogen-bond donors (Lipinski definition) is 0. The zero-order valence-electron chi connectivity index (χ0n) is 32.2. The Morgan fingerprint density at radius 2 is 0.541 bits per heavy atom. The van der Waals surface area contributed by atoms with Crippen LogP contribution in [-0.4, -0.2) is 30.6 Å². The molecule has 370 valence electrons. The Labute approximate surface area is 520 Å². The molecule has 0 spiro atoms. The average molecular weight is 2200 g/mol. The predicted octanol–water partition coefficient (Wildman–Crippen LogP) is -2.85. The Kier molecular flexibility index (Phi) is 67.7. The summed E-state index contributed by atoms with van der Waals surface area (Å²) >= 11 is 50.5. The van der Waals surface area contributed by atoms with Gasteiger partial charge in [-0.25, -0.2) is 0 Å². The van der Waals surface area contributed by atoms with Gasteiger partial charge >= 0.3 is 134 Å². The Bertz CT molecular complexity index is 1660. The standard InChI is InChI=1S/3C5H5Cl2N2.3C5H6ClN2.6Au.4ClH/c3*1-3-5(7)4(2-6)9-8-3;3*1-3-5(6)4(2)8-7-3;;;;;;;;;;/h3*2H2,1H3;3*1-2H3;;;;;;;4*1H/q6*-1;4*+1;2*+3;;;;/p-4. The molecule has 6 aromatic heterocycles. The molecule has 0 aliphatic carbocycles. The number of nitrogens with zero attached hydrogens (tertiary/aromatic N) is 12. The maximum Gasteiger partial charge on any atom is 3.00 e. The molecule has 0 fully saturated rings. The second kappa shape index (κ2) is 47.2. The van der Waals surface area contributed by atoms with E-state index >= 15 is 0 Å². The monoisotopic (exact) mass is 2200 g/mol. The minimum atomic E-state index is 0. The largest absolute Gasteiger partial charge is 3.00 e. The van der Waals surface area contributed by atoms with E-state index in [0.29, 0.717) is 64.9 Å². The van der Waals surface area contributed by atoms with E-state index in [4.69, 9.17) is 104 Å². The van der Waals surface area contributed by atoms with Gasteiger partial charge in [0.05, 0.1) is 11.6 Å². The molecule has 31 heteroatoms. The minimum Gasteiger partial charge on any atom is -1.00 e. The summed E-state index contributed by atoms with van der Waals surface area (Å²) in [5, 5.41) is 48.5. The van der Waals surface area contributed by atoms with Crippen molar-refractivity contribution in [1.29, 1.82) is 0 Å². The fourth-order valence-corrected chi connectivity index (χ4v) is 4.47. The van der Waals surface area contributed by atoms with Gasteiger partial charge in [-0.3, -0.25) is 0 Å². The summed E-state index contributed by atoms with van der Waals surface area (Å²) < 4.78 is 0. The summed E-state index contributed by atoms with van der Waals surface area (Å²) in [6.45, 7) is 16.4. The maximum atomic E-state index is 5.70. The van der Waals surface area contributed by atoms with E-state index < -0.39 is 0 Å². The van der Waals surface area contributed by atoms with Crippen LogP contribution in [0.2, 0.25) is 30.1 Å². The third-order valence-corrected chi connectivity index (χ3v) is 9.89. The minimum absolute atomic E-state index is 0. The van der Waals surface area contributed by atoms with Crippen molar-refractivity contribution in [2.24, 2.45) is 0 Å². The van der Waals surface area contributed by atoms with Crippen LogP contribution in [0.1, 0.15) is 68.3 Å². The van der Waals surface area contributed by atoms with Crippen molar-refractivity contribution in [3.05, 3.63) is 98.5 Å². The van der Waals surface area contributed by atoms with Gasteiger partial charge in [0.2, 0.25) is 0 Å². The van der Waals surface area contributed by atoms with Crippen LogP contribution in [0.3, 0.4) is 0 Å². The molecule has 0 aliphatic rings. The van der Waals surface area contributed by atoms with E-state index in [9.17, 15) is 0 Å². The molecule has 0 amide bonds. The Morgan fingerprint density at radius 1 is 0.328 bits per heavy atom. The molecule has 0 saturated carbocycles. The first-order valence-corrected chi connectivity index (χ1v) is 18.3. The van der Waals surface area contributed by atoms with Gasteiger partial charge in [0, 0.05) is 70.4 Å². The van der Waals surface area contributed by atoms with Crippen molar-refractivity contribution < 1.29 is 184 Å². The van der Waals surface area contributed by atoms with E-state index in [-0.39, 0.29) is 184 Å². The van der Waals surface area contributed by atoms with Gasteiger partial charge in [-0.1, -0.05) is 97.3 Å². The number of hydrogen-bond acceptors (Lipinski definition) is 6. The summed E-state index contributed by atoms with van der Waals surface area (Å²) in [7, 11) is 0. The molecule has 61 heavy (non-hydrogen) atoms. The van der Waals surface area contributed by atoms with Crippen LogP contribution in [0, 0.1) is 62.3 Å². The summed E-state index contributed by atoms with van der Waals surface area (Å²) in [6.07, 6.45) is 0.